The standard InChI is InChI=1S/C13H20IN/c1-10-5-6-12(8-13(10)9-14)7-11(2)15(3)4/h5-6,8,11H,7,9H2,1-4H3/t11-/m1/s1. The van der Waals surface area contributed by atoms with E-state index in [0.29, 0.717) is 6.04 Å². The van der Waals surface area contributed by atoms with Crippen molar-refractivity contribution in [2.45, 2.75) is 30.7 Å². The van der Waals surface area contributed by atoms with E-state index in [1.54, 1.807) is 0 Å². The van der Waals surface area contributed by atoms with Gasteiger partial charge < -0.3 is 4.90 Å². The molecule has 0 aliphatic rings. The Hall–Kier alpha value is -0.0900. The highest BCUT2D eigenvalue weighted by molar-refractivity contribution is 14.1. The molecule has 0 heterocycles. The predicted molar refractivity (Wildman–Crippen MR) is 75.8 cm³/mol. The molecule has 15 heavy (non-hydrogen) atoms. The maximum atomic E-state index is 2.43. The van der Waals surface area contributed by atoms with Gasteiger partial charge in [0.1, 0.15) is 0 Å². The van der Waals surface area contributed by atoms with E-state index in [2.05, 4.69) is 73.6 Å². The van der Waals surface area contributed by atoms with Crippen LogP contribution in [0.4, 0.5) is 0 Å². The highest BCUT2D eigenvalue weighted by atomic mass is 127. The minimum Gasteiger partial charge on any atom is -0.306 e. The third kappa shape index (κ3) is 3.76. The van der Waals surface area contributed by atoms with Gasteiger partial charge in [-0.25, -0.2) is 0 Å². The predicted octanol–water partition coefficient (Wildman–Crippen LogP) is 3.42. The summed E-state index contributed by atoms with van der Waals surface area (Å²) in [4.78, 5) is 2.27. The molecule has 0 spiro atoms. The topological polar surface area (TPSA) is 3.24 Å². The van der Waals surface area contributed by atoms with Crippen molar-refractivity contribution in [2.75, 3.05) is 14.1 Å². The largest absolute Gasteiger partial charge is 0.306 e. The molecule has 0 fully saturated rings. The number of nitrogens with zero attached hydrogens (tertiary/aromatic N) is 1. The fraction of sp³-hybridized carbons (Fsp3) is 0.538. The van der Waals surface area contributed by atoms with Crippen LogP contribution in [0, 0.1) is 6.92 Å². The minimum atomic E-state index is 0.606. The minimum absolute atomic E-state index is 0.606. The van der Waals surface area contributed by atoms with Crippen LogP contribution in [0.1, 0.15) is 23.6 Å². The van der Waals surface area contributed by atoms with Crippen molar-refractivity contribution < 1.29 is 0 Å². The highest BCUT2D eigenvalue weighted by Crippen LogP contribution is 2.16. The van der Waals surface area contributed by atoms with Crippen LogP contribution in [0.3, 0.4) is 0 Å². The van der Waals surface area contributed by atoms with Gasteiger partial charge in [-0.2, -0.15) is 0 Å². The molecule has 84 valence electrons. The highest BCUT2D eigenvalue weighted by Gasteiger charge is 2.06. The summed E-state index contributed by atoms with van der Waals surface area (Å²) in [6, 6.07) is 7.45. The summed E-state index contributed by atoms with van der Waals surface area (Å²) in [5.41, 5.74) is 4.33. The van der Waals surface area contributed by atoms with Crippen molar-refractivity contribution in [3.05, 3.63) is 34.9 Å². The van der Waals surface area contributed by atoms with Crippen molar-refractivity contribution in [1.82, 2.24) is 4.90 Å². The zero-order valence-electron chi connectivity index (χ0n) is 10.0. The SMILES string of the molecule is Cc1ccc(C[C@@H](C)N(C)C)cc1CI. The van der Waals surface area contributed by atoms with E-state index in [0.717, 1.165) is 10.8 Å². The number of alkyl halides is 1. The Morgan fingerprint density at radius 1 is 1.33 bits per heavy atom. The van der Waals surface area contributed by atoms with Gasteiger partial charge in [0, 0.05) is 10.5 Å². The number of likely N-dealkylation sites (N-methyl/N-ethyl adjacent to an activating group) is 1. The van der Waals surface area contributed by atoms with Gasteiger partial charge in [-0.1, -0.05) is 40.8 Å². The second-order valence-corrected chi connectivity index (χ2v) is 5.17. The summed E-state index contributed by atoms with van der Waals surface area (Å²) in [7, 11) is 4.27. The first-order valence-corrected chi connectivity index (χ1v) is 6.88. The van der Waals surface area contributed by atoms with E-state index in [1.807, 2.05) is 0 Å². The lowest BCUT2D eigenvalue weighted by molar-refractivity contribution is 0.312. The third-order valence-electron chi connectivity index (χ3n) is 2.97. The second-order valence-electron chi connectivity index (χ2n) is 4.41. The maximum absolute atomic E-state index is 2.43. The Labute approximate surface area is 107 Å². The van der Waals surface area contributed by atoms with Gasteiger partial charge in [0.25, 0.3) is 0 Å². The van der Waals surface area contributed by atoms with Gasteiger partial charge in [0.2, 0.25) is 0 Å². The first-order valence-electron chi connectivity index (χ1n) is 5.35. The molecule has 0 N–H and O–H groups in total. The summed E-state index contributed by atoms with van der Waals surface area (Å²) in [5, 5.41) is 0. The van der Waals surface area contributed by atoms with Crippen LogP contribution < -0.4 is 0 Å². The molecule has 0 aliphatic heterocycles. The molecule has 1 atom stereocenters. The maximum Gasteiger partial charge on any atom is 0.0249 e. The summed E-state index contributed by atoms with van der Waals surface area (Å²) < 4.78 is 1.10. The molecule has 1 rings (SSSR count). The Bertz CT molecular complexity index is 320. The molecule has 0 saturated heterocycles. The lowest BCUT2D eigenvalue weighted by Crippen LogP contribution is -2.26. The number of benzene rings is 1. The van der Waals surface area contributed by atoms with Gasteiger partial charge in [-0.15, -0.1) is 0 Å². The molecule has 1 aromatic carbocycles. The molecule has 0 aromatic heterocycles. The van der Waals surface area contributed by atoms with Crippen LogP contribution >= 0.6 is 22.6 Å². The Kier molecular flexibility index (Phi) is 5.06. The normalized spacial score (nSPS) is 13.2. The Morgan fingerprint density at radius 3 is 2.53 bits per heavy atom. The van der Waals surface area contributed by atoms with Crippen LogP contribution in [0.5, 0.6) is 0 Å². The van der Waals surface area contributed by atoms with E-state index in [9.17, 15) is 0 Å². The summed E-state index contributed by atoms with van der Waals surface area (Å²) in [5.74, 6) is 0. The van der Waals surface area contributed by atoms with Crippen molar-refractivity contribution in [3.63, 3.8) is 0 Å². The monoisotopic (exact) mass is 317 g/mol. The molecule has 0 amide bonds. The molecule has 0 saturated carbocycles. The molecular formula is C13H20IN. The van der Waals surface area contributed by atoms with E-state index in [-0.39, 0.29) is 0 Å². The molecule has 0 aliphatic carbocycles. The fourth-order valence-electron chi connectivity index (χ4n) is 1.52. The van der Waals surface area contributed by atoms with Crippen molar-refractivity contribution in [2.24, 2.45) is 0 Å². The number of hydrogen-bond donors (Lipinski definition) is 0. The van der Waals surface area contributed by atoms with E-state index >= 15 is 0 Å². The van der Waals surface area contributed by atoms with Crippen molar-refractivity contribution >= 4 is 22.6 Å². The lowest BCUT2D eigenvalue weighted by atomic mass is 10.0. The molecule has 1 aromatic rings. The zero-order chi connectivity index (χ0) is 11.4. The molecule has 0 radical (unpaired) electrons. The molecule has 1 nitrogen and oxygen atoms in total. The van der Waals surface area contributed by atoms with Crippen LogP contribution in [-0.4, -0.2) is 25.0 Å². The summed E-state index contributed by atoms with van der Waals surface area (Å²) in [6.45, 7) is 4.46. The number of hydrogen-bond acceptors (Lipinski definition) is 1. The Morgan fingerprint density at radius 2 is 2.00 bits per heavy atom. The van der Waals surface area contributed by atoms with Crippen molar-refractivity contribution in [1.29, 1.82) is 0 Å². The van der Waals surface area contributed by atoms with Gasteiger partial charge in [0.15, 0.2) is 0 Å². The first-order chi connectivity index (χ1) is 7.04. The fourth-order valence-corrected chi connectivity index (χ4v) is 2.34. The van der Waals surface area contributed by atoms with Gasteiger partial charge >= 0.3 is 0 Å². The van der Waals surface area contributed by atoms with Crippen LogP contribution in [0.15, 0.2) is 18.2 Å². The molecule has 2 heteroatoms. The summed E-state index contributed by atoms with van der Waals surface area (Å²) >= 11 is 2.43. The lowest BCUT2D eigenvalue weighted by Gasteiger charge is -2.20. The number of halogens is 1. The smallest absolute Gasteiger partial charge is 0.0249 e. The Balaban J connectivity index is 2.78. The average Bonchev–Trinajstić information content (AvgIpc) is 2.20. The van der Waals surface area contributed by atoms with Crippen LogP contribution in [0.2, 0.25) is 0 Å². The number of rotatable bonds is 4. The first kappa shape index (κ1) is 13.0. The van der Waals surface area contributed by atoms with Gasteiger partial charge in [0.05, 0.1) is 0 Å². The summed E-state index contributed by atoms with van der Waals surface area (Å²) in [6.07, 6.45) is 1.14. The second kappa shape index (κ2) is 5.85. The van der Waals surface area contributed by atoms with Gasteiger partial charge in [-0.3, -0.25) is 0 Å². The average molecular weight is 317 g/mol. The van der Waals surface area contributed by atoms with E-state index in [1.165, 1.54) is 16.7 Å². The molecular weight excluding hydrogens is 297 g/mol. The molecule has 0 unspecified atom stereocenters. The van der Waals surface area contributed by atoms with Gasteiger partial charge in [-0.05, 0) is 51.1 Å². The zero-order valence-corrected chi connectivity index (χ0v) is 12.2. The van der Waals surface area contributed by atoms with Crippen molar-refractivity contribution in [3.8, 4) is 0 Å². The number of aryl methyl sites for hydroxylation is 1. The van der Waals surface area contributed by atoms with Crippen LogP contribution in [0.25, 0.3) is 0 Å². The van der Waals surface area contributed by atoms with E-state index in [4.69, 9.17) is 0 Å². The van der Waals surface area contributed by atoms with Crippen LogP contribution in [-0.2, 0) is 10.8 Å². The molecule has 0 bridgehead atoms. The third-order valence-corrected chi connectivity index (χ3v) is 3.79. The van der Waals surface area contributed by atoms with E-state index < -0.39 is 0 Å². The quantitative estimate of drug-likeness (QED) is 0.607.